The van der Waals surface area contributed by atoms with Crippen molar-refractivity contribution in [2.45, 2.75) is 232 Å². The predicted molar refractivity (Wildman–Crippen MR) is 444 cm³/mol. The van der Waals surface area contributed by atoms with E-state index in [1.807, 2.05) is 69.9 Å². The fraction of sp³-hybridized carbons (Fsp3) is 0.699. The molecule has 0 aromatic carbocycles. The van der Waals surface area contributed by atoms with Crippen LogP contribution in [-0.4, -0.2) is 258 Å². The average Bonchev–Trinajstić information content (AvgIpc) is 1.58. The maximum atomic E-state index is 13.2. The number of ketones is 4. The zero-order valence-electron chi connectivity index (χ0n) is 69.3. The number of Topliss-reactive ketones (excluding diaryl/α,β-unsaturated/α-hetero) is 4. The van der Waals surface area contributed by atoms with E-state index in [4.69, 9.17) is 38.3 Å². The molecule has 47 heteroatoms. The number of amides is 2. The summed E-state index contributed by atoms with van der Waals surface area (Å²) in [5.41, 5.74) is 0.135. The van der Waals surface area contributed by atoms with Gasteiger partial charge in [-0.25, -0.2) is 43.1 Å². The Morgan fingerprint density at radius 1 is 0.542 bits per heavy atom. The van der Waals surface area contributed by atoms with Gasteiger partial charge in [-0.15, -0.1) is 31.4 Å². The fourth-order valence-corrected chi connectivity index (χ4v) is 23.2. The first-order chi connectivity index (χ1) is 55.4. The lowest BCUT2D eigenvalue weighted by Crippen LogP contribution is -2.44. The van der Waals surface area contributed by atoms with Crippen molar-refractivity contribution in [3.63, 3.8) is 0 Å². The SMILES string of the molecule is C.CC(C)(C)NC[C@@H](COc1nsnc1N1CCOCC1)OC(=O)CCC(=O)O.CCN[C@H]1C[C@H](C)S(=O)(=O)c2sc(S(=O)(=O)NC(=O)[C@H](C)C(=O)[C@H](C)C(=O)[C@H](C)O)cc21.CCN[C@H]1C[C@H](C)S(=O)(=O)c2sc(S(=O)(=O)NC(=O)[C@H](C)C(=O)[C@H](C)C(=O)[C@H](C)OC(=O)CCC(=O)O[C@@H](CNC(C)(C)C)COc3nsnc3N3CCOCC3)cc21. The number of nitrogens with one attached hydrogen (secondary N) is 6. The molecule has 8 N–H and O–H groups in total. The highest BCUT2D eigenvalue weighted by molar-refractivity contribution is 7.96. The largest absolute Gasteiger partial charge is 0.481 e. The Bertz CT molecular complexity index is 4680. The number of carbonyl (C=O) groups excluding carboxylic acids is 9. The van der Waals surface area contributed by atoms with E-state index in [9.17, 15) is 86.7 Å². The van der Waals surface area contributed by atoms with Crippen LogP contribution >= 0.6 is 46.1 Å². The van der Waals surface area contributed by atoms with E-state index in [1.54, 1.807) is 18.6 Å². The molecule has 120 heavy (non-hydrogen) atoms. The summed E-state index contributed by atoms with van der Waals surface area (Å²) in [6, 6.07) is 1.68. The summed E-state index contributed by atoms with van der Waals surface area (Å²) in [6.07, 6.45) is -4.98. The van der Waals surface area contributed by atoms with Crippen molar-refractivity contribution >= 4 is 156 Å². The third-order valence-corrected chi connectivity index (χ3v) is 31.4. The summed E-state index contributed by atoms with van der Waals surface area (Å²) in [5, 5.41) is 29.4. The zero-order valence-corrected chi connectivity index (χ0v) is 75.8. The van der Waals surface area contributed by atoms with Crippen LogP contribution < -0.4 is 50.0 Å². The summed E-state index contributed by atoms with van der Waals surface area (Å²) in [5.74, 6) is -13.0. The van der Waals surface area contributed by atoms with E-state index in [-0.39, 0.29) is 88.2 Å². The second kappa shape index (κ2) is 45.4. The van der Waals surface area contributed by atoms with Crippen molar-refractivity contribution in [1.29, 1.82) is 0 Å². The topological polar surface area (TPSA) is 543 Å². The number of carbonyl (C=O) groups is 10. The number of aliphatic hydroxyl groups excluding tert-OH is 1. The number of carboxylic acid groups (broad SMARTS) is 1. The lowest BCUT2D eigenvalue weighted by atomic mass is 9.90. The molecule has 676 valence electrons. The number of esters is 3. The first-order valence-electron chi connectivity index (χ1n) is 38.5. The quantitative estimate of drug-likeness (QED) is 0.0177. The molecule has 0 spiro atoms. The Morgan fingerprint density at radius 2 is 0.892 bits per heavy atom. The van der Waals surface area contributed by atoms with Crippen LogP contribution in [-0.2, 0) is 111 Å². The number of sulfone groups is 2. The Labute approximate surface area is 716 Å². The van der Waals surface area contributed by atoms with Gasteiger partial charge in [-0.05, 0) is 135 Å². The van der Waals surface area contributed by atoms with Crippen LogP contribution in [0.2, 0.25) is 0 Å². The minimum absolute atomic E-state index is 0. The van der Waals surface area contributed by atoms with Crippen molar-refractivity contribution in [3.05, 3.63) is 23.3 Å². The zero-order chi connectivity index (χ0) is 89.0. The first-order valence-corrected chi connectivity index (χ1v) is 47.6. The van der Waals surface area contributed by atoms with Crippen LogP contribution in [0.4, 0.5) is 11.6 Å². The Hall–Kier alpha value is -7.26. The van der Waals surface area contributed by atoms with Gasteiger partial charge in [0.1, 0.15) is 48.4 Å². The molecule has 0 radical (unpaired) electrons. The van der Waals surface area contributed by atoms with E-state index in [1.165, 1.54) is 39.8 Å². The second-order valence-corrected chi connectivity index (χ2v) is 42.9. The van der Waals surface area contributed by atoms with Gasteiger partial charge in [0.25, 0.3) is 31.8 Å². The molecule has 39 nitrogen and oxygen atoms in total. The number of morpholine rings is 2. The summed E-state index contributed by atoms with van der Waals surface area (Å²) in [4.78, 5) is 128. The predicted octanol–water partition coefficient (Wildman–Crippen LogP) is 4.07. The number of carboxylic acids is 1. The number of fused-ring (bicyclic) bond motifs is 2. The van der Waals surface area contributed by atoms with E-state index >= 15 is 0 Å². The van der Waals surface area contributed by atoms with Crippen molar-refractivity contribution in [1.82, 2.24) is 48.2 Å². The van der Waals surface area contributed by atoms with Crippen molar-refractivity contribution in [2.24, 2.45) is 23.7 Å². The molecule has 0 saturated carbocycles. The molecule has 2 fully saturated rings. The standard InChI is InChI=1S/C36H54N6O13S4.C19H28N2O8S3.C17H28N4O6S.CH4/c1-9-37-26-16-20(2)58(48,49)35-25(26)17-29(56-35)59(50,51)41-33(47)22(4)30(45)21(3)31(46)23(5)54-27(43)10-11-28(44)55-24(18-38-36(6,7)8)19-53-34-32(39-57-40-34)42-12-14-52-15-13-42;1-6-20-14-7-9(2)31(26,27)19-13(14)8-15(30-19)32(28,29)21-18(25)11(4)16(23)10(3)17(24)12(5)22;1-17(2,3)18-10-12(27-14(24)5-4-13(22)23)11-26-16-15(19-28-20-16)21-6-8-25-9-7-21;/h17,20-24,26,37-38H,9-16,18-19H2,1-8H3,(H,41,47);8-12,14,20,22H,6-7H2,1-5H3,(H,21,25);12,18H,4-11H2,1-3H3,(H,22,23);1H4/t20-,21-,22+,23-,24-,26-;9-,10-,11+,12-,14-;12-;/m000./s1. The number of hydrogen-bond donors (Lipinski definition) is 8. The Kier molecular flexibility index (Phi) is 39.1. The van der Waals surface area contributed by atoms with Crippen molar-refractivity contribution in [2.75, 3.05) is 102 Å². The maximum Gasteiger partial charge on any atom is 0.307 e. The average molecular weight is 1850 g/mol. The van der Waals surface area contributed by atoms with Gasteiger partial charge < -0.3 is 74.4 Å². The minimum Gasteiger partial charge on any atom is -0.481 e. The number of nitrogens with zero attached hydrogens (tertiary/aromatic N) is 6. The highest BCUT2D eigenvalue weighted by Gasteiger charge is 2.44. The number of aromatic nitrogens is 4. The molecule has 4 aliphatic rings. The molecule has 12 atom stereocenters. The van der Waals surface area contributed by atoms with E-state index in [0.717, 1.165) is 37.3 Å². The molecule has 2 saturated heterocycles. The summed E-state index contributed by atoms with van der Waals surface area (Å²) < 4.78 is 162. The van der Waals surface area contributed by atoms with E-state index in [2.05, 4.69) is 38.8 Å². The second-order valence-electron chi connectivity index (χ2n) is 30.7. The van der Waals surface area contributed by atoms with Gasteiger partial charge in [-0.1, -0.05) is 21.3 Å². The molecule has 0 bridgehead atoms. The van der Waals surface area contributed by atoms with Crippen LogP contribution in [0, 0.1) is 23.7 Å². The van der Waals surface area contributed by atoms with Crippen LogP contribution in [0.3, 0.4) is 0 Å². The van der Waals surface area contributed by atoms with Gasteiger partial charge in [0.15, 0.2) is 48.9 Å². The number of rotatable bonds is 39. The lowest BCUT2D eigenvalue weighted by molar-refractivity contribution is -0.159. The molecule has 0 unspecified atom stereocenters. The maximum absolute atomic E-state index is 13.2. The summed E-state index contributed by atoms with van der Waals surface area (Å²) in [7, 11) is -16.6. The van der Waals surface area contributed by atoms with Crippen molar-refractivity contribution in [3.8, 4) is 11.8 Å². The molecule has 8 heterocycles. The number of anilines is 2. The van der Waals surface area contributed by atoms with Gasteiger partial charge in [0.05, 0.1) is 110 Å². The monoisotopic (exact) mass is 1850 g/mol. The number of sulfonamides is 2. The molecular formula is C73H114N12O27S8. The Morgan fingerprint density at radius 3 is 1.23 bits per heavy atom. The molecular weight excluding hydrogens is 1730 g/mol. The normalized spacial score (nSPS) is 19.7. The van der Waals surface area contributed by atoms with Gasteiger partial charge in [-0.3, -0.25) is 47.9 Å². The van der Waals surface area contributed by atoms with Gasteiger partial charge in [0, 0.05) is 73.6 Å². The minimum atomic E-state index is -4.61. The lowest BCUT2D eigenvalue weighted by Gasteiger charge is -2.27. The number of ether oxygens (including phenoxy) is 7. The molecule has 4 aromatic heterocycles. The van der Waals surface area contributed by atoms with Gasteiger partial charge in [-0.2, -0.15) is 8.75 Å². The summed E-state index contributed by atoms with van der Waals surface area (Å²) >= 11 is 3.13. The van der Waals surface area contributed by atoms with Crippen LogP contribution in [0.5, 0.6) is 11.8 Å². The molecule has 8 rings (SSSR count). The van der Waals surface area contributed by atoms with Gasteiger partial charge in [0.2, 0.25) is 23.5 Å². The third-order valence-electron chi connectivity index (χ3n) is 18.9. The molecule has 2 amide bonds. The van der Waals surface area contributed by atoms with E-state index in [0.29, 0.717) is 124 Å². The van der Waals surface area contributed by atoms with Gasteiger partial charge >= 0.3 is 23.9 Å². The highest BCUT2D eigenvalue weighted by Crippen LogP contribution is 2.45. The number of thiophene rings is 2. The summed E-state index contributed by atoms with van der Waals surface area (Å²) in [6.45, 7) is 32.4. The highest BCUT2D eigenvalue weighted by atomic mass is 32.3. The van der Waals surface area contributed by atoms with E-state index < -0.39 is 180 Å². The smallest absolute Gasteiger partial charge is 0.307 e. The number of aliphatic carboxylic acids is 1. The number of aliphatic hydroxyl groups is 1. The molecule has 4 aromatic rings. The van der Waals surface area contributed by atoms with Crippen LogP contribution in [0.1, 0.15) is 180 Å². The number of hydrogen-bond acceptors (Lipinski definition) is 40. The van der Waals surface area contributed by atoms with Crippen LogP contribution in [0.25, 0.3) is 0 Å². The fourth-order valence-electron chi connectivity index (χ4n) is 12.0. The van der Waals surface area contributed by atoms with Crippen LogP contribution in [0.15, 0.2) is 29.0 Å². The molecule has 4 aliphatic heterocycles. The Balaban J connectivity index is 0.000000353. The molecule has 0 aliphatic carbocycles. The first kappa shape index (κ1) is 103. The third kappa shape index (κ3) is 29.5. The van der Waals surface area contributed by atoms with Crippen molar-refractivity contribution < 1.29 is 125 Å².